The molecule has 2 aliphatic heterocycles. The van der Waals surface area contributed by atoms with Gasteiger partial charge in [0.25, 0.3) is 5.91 Å². The maximum Gasteiger partial charge on any atom is 0.254 e. The quantitative estimate of drug-likeness (QED) is 0.888. The molecule has 20 heavy (non-hydrogen) atoms. The van der Waals surface area contributed by atoms with Crippen LogP contribution in [-0.4, -0.2) is 48.3 Å². The number of fused-ring (bicyclic) bond motifs is 1. The standard InChI is InChI=1S/C15H19NO4/c17-10-12-3-1-6-16(12)15(18)11-4-5-13-14(9-11)20-8-2-7-19-13/h4-5,9,12,17H,1-3,6-8,10H2. The second kappa shape index (κ2) is 5.71. The molecule has 2 heterocycles. The zero-order valence-corrected chi connectivity index (χ0v) is 11.4. The summed E-state index contributed by atoms with van der Waals surface area (Å²) in [5.41, 5.74) is 0.592. The van der Waals surface area contributed by atoms with Crippen LogP contribution >= 0.6 is 0 Å². The second-order valence-corrected chi connectivity index (χ2v) is 5.19. The summed E-state index contributed by atoms with van der Waals surface area (Å²) < 4.78 is 11.2. The lowest BCUT2D eigenvalue weighted by molar-refractivity contribution is 0.0677. The molecule has 0 saturated carbocycles. The van der Waals surface area contributed by atoms with Crippen LogP contribution < -0.4 is 9.47 Å². The molecule has 0 spiro atoms. The number of hydrogen-bond acceptors (Lipinski definition) is 4. The van der Waals surface area contributed by atoms with Crippen molar-refractivity contribution in [3.8, 4) is 11.5 Å². The third-order valence-corrected chi connectivity index (χ3v) is 3.84. The summed E-state index contributed by atoms with van der Waals surface area (Å²) in [7, 11) is 0. The van der Waals surface area contributed by atoms with Crippen molar-refractivity contribution >= 4 is 5.91 Å². The van der Waals surface area contributed by atoms with Crippen LogP contribution in [0.1, 0.15) is 29.6 Å². The van der Waals surface area contributed by atoms with Crippen LogP contribution in [0.25, 0.3) is 0 Å². The molecule has 1 unspecified atom stereocenters. The van der Waals surface area contributed by atoms with Crippen LogP contribution in [0.15, 0.2) is 18.2 Å². The number of carbonyl (C=O) groups excluding carboxylic acids is 1. The van der Waals surface area contributed by atoms with E-state index in [1.807, 2.05) is 0 Å². The zero-order chi connectivity index (χ0) is 13.9. The number of aliphatic hydroxyl groups excluding tert-OH is 1. The van der Waals surface area contributed by atoms with Crippen molar-refractivity contribution in [1.82, 2.24) is 4.90 Å². The van der Waals surface area contributed by atoms with Crippen molar-refractivity contribution in [2.75, 3.05) is 26.4 Å². The van der Waals surface area contributed by atoms with Crippen molar-refractivity contribution < 1.29 is 19.4 Å². The van der Waals surface area contributed by atoms with E-state index in [1.165, 1.54) is 0 Å². The molecule has 0 radical (unpaired) electrons. The van der Waals surface area contributed by atoms with Gasteiger partial charge in [0.2, 0.25) is 0 Å². The number of nitrogens with zero attached hydrogens (tertiary/aromatic N) is 1. The van der Waals surface area contributed by atoms with E-state index in [2.05, 4.69) is 0 Å². The molecule has 5 heteroatoms. The Kier molecular flexibility index (Phi) is 3.78. The molecule has 1 amide bonds. The highest BCUT2D eigenvalue weighted by atomic mass is 16.5. The topological polar surface area (TPSA) is 59.0 Å². The highest BCUT2D eigenvalue weighted by molar-refractivity contribution is 5.95. The van der Waals surface area contributed by atoms with Gasteiger partial charge in [0.15, 0.2) is 11.5 Å². The SMILES string of the molecule is O=C(c1ccc2c(c1)OCCCO2)N1CCCC1CO. The molecule has 1 aromatic rings. The fourth-order valence-electron chi connectivity index (χ4n) is 2.76. The van der Waals surface area contributed by atoms with Gasteiger partial charge in [-0.1, -0.05) is 0 Å². The third kappa shape index (κ3) is 2.45. The van der Waals surface area contributed by atoms with E-state index in [-0.39, 0.29) is 18.6 Å². The van der Waals surface area contributed by atoms with Gasteiger partial charge < -0.3 is 19.5 Å². The number of benzene rings is 1. The van der Waals surface area contributed by atoms with Crippen molar-refractivity contribution in [3.05, 3.63) is 23.8 Å². The van der Waals surface area contributed by atoms with E-state index in [1.54, 1.807) is 23.1 Å². The number of hydrogen-bond donors (Lipinski definition) is 1. The first-order valence-electron chi connectivity index (χ1n) is 7.11. The largest absolute Gasteiger partial charge is 0.490 e. The predicted molar refractivity (Wildman–Crippen MR) is 73.2 cm³/mol. The van der Waals surface area contributed by atoms with Crippen LogP contribution in [0.2, 0.25) is 0 Å². The van der Waals surface area contributed by atoms with Crippen molar-refractivity contribution in [1.29, 1.82) is 0 Å². The minimum Gasteiger partial charge on any atom is -0.490 e. The Labute approximate surface area is 118 Å². The van der Waals surface area contributed by atoms with Crippen LogP contribution in [0, 0.1) is 0 Å². The summed E-state index contributed by atoms with van der Waals surface area (Å²) in [5.74, 6) is 1.28. The molecule has 5 nitrogen and oxygen atoms in total. The smallest absolute Gasteiger partial charge is 0.254 e. The average molecular weight is 277 g/mol. The van der Waals surface area contributed by atoms with E-state index in [0.29, 0.717) is 36.8 Å². The fourth-order valence-corrected chi connectivity index (χ4v) is 2.76. The average Bonchev–Trinajstić information content (AvgIpc) is 2.83. The Morgan fingerprint density at radius 1 is 1.25 bits per heavy atom. The summed E-state index contributed by atoms with van der Waals surface area (Å²) in [4.78, 5) is 14.3. The molecule has 3 rings (SSSR count). The normalized spacial score (nSPS) is 21.6. The van der Waals surface area contributed by atoms with Crippen molar-refractivity contribution in [2.24, 2.45) is 0 Å². The number of ether oxygens (including phenoxy) is 2. The minimum atomic E-state index is -0.0570. The Balaban J connectivity index is 1.83. The maximum atomic E-state index is 12.5. The predicted octanol–water partition coefficient (Wildman–Crippen LogP) is 1.44. The van der Waals surface area contributed by atoms with Gasteiger partial charge >= 0.3 is 0 Å². The summed E-state index contributed by atoms with van der Waals surface area (Å²) >= 11 is 0. The van der Waals surface area contributed by atoms with Crippen LogP contribution in [0.5, 0.6) is 11.5 Å². The minimum absolute atomic E-state index is 0.0241. The van der Waals surface area contributed by atoms with Crippen molar-refractivity contribution in [3.63, 3.8) is 0 Å². The Hall–Kier alpha value is -1.75. The number of amides is 1. The molecule has 1 saturated heterocycles. The molecule has 2 aliphatic rings. The molecule has 108 valence electrons. The van der Waals surface area contributed by atoms with Crippen LogP contribution in [-0.2, 0) is 0 Å². The number of aliphatic hydroxyl groups is 1. The van der Waals surface area contributed by atoms with Gasteiger partial charge in [-0.25, -0.2) is 0 Å². The Morgan fingerprint density at radius 3 is 2.85 bits per heavy atom. The number of likely N-dealkylation sites (tertiary alicyclic amines) is 1. The van der Waals surface area contributed by atoms with Gasteiger partial charge in [-0.05, 0) is 31.0 Å². The highest BCUT2D eigenvalue weighted by Crippen LogP contribution is 2.31. The molecule has 1 fully saturated rings. The first kappa shape index (κ1) is 13.2. The summed E-state index contributed by atoms with van der Waals surface area (Å²) in [6, 6.07) is 5.24. The summed E-state index contributed by atoms with van der Waals surface area (Å²) in [6.07, 6.45) is 2.66. The number of carbonyl (C=O) groups is 1. The van der Waals surface area contributed by atoms with E-state index in [0.717, 1.165) is 19.3 Å². The van der Waals surface area contributed by atoms with Gasteiger partial charge in [0.05, 0.1) is 25.9 Å². The van der Waals surface area contributed by atoms with Gasteiger partial charge in [-0.3, -0.25) is 4.79 Å². The van der Waals surface area contributed by atoms with Gasteiger partial charge in [-0.15, -0.1) is 0 Å². The van der Waals surface area contributed by atoms with Gasteiger partial charge in [0, 0.05) is 18.5 Å². The first-order chi connectivity index (χ1) is 9.79. The molecule has 0 aliphatic carbocycles. The molecule has 1 N–H and O–H groups in total. The Bertz CT molecular complexity index is 503. The molecular weight excluding hydrogens is 258 g/mol. The first-order valence-corrected chi connectivity index (χ1v) is 7.11. The second-order valence-electron chi connectivity index (χ2n) is 5.19. The monoisotopic (exact) mass is 277 g/mol. The van der Waals surface area contributed by atoms with E-state index in [9.17, 15) is 9.90 Å². The van der Waals surface area contributed by atoms with E-state index < -0.39 is 0 Å². The zero-order valence-electron chi connectivity index (χ0n) is 11.4. The molecule has 0 bridgehead atoms. The summed E-state index contributed by atoms with van der Waals surface area (Å²) in [5, 5.41) is 9.32. The van der Waals surface area contributed by atoms with E-state index in [4.69, 9.17) is 9.47 Å². The lowest BCUT2D eigenvalue weighted by atomic mass is 10.1. The molecule has 1 aromatic carbocycles. The number of rotatable bonds is 2. The van der Waals surface area contributed by atoms with Gasteiger partial charge in [-0.2, -0.15) is 0 Å². The molecule has 0 aromatic heterocycles. The highest BCUT2D eigenvalue weighted by Gasteiger charge is 2.29. The van der Waals surface area contributed by atoms with Crippen molar-refractivity contribution in [2.45, 2.75) is 25.3 Å². The maximum absolute atomic E-state index is 12.5. The van der Waals surface area contributed by atoms with E-state index >= 15 is 0 Å². The van der Waals surface area contributed by atoms with Gasteiger partial charge in [0.1, 0.15) is 0 Å². The lowest BCUT2D eigenvalue weighted by Gasteiger charge is -2.23. The van der Waals surface area contributed by atoms with Crippen LogP contribution in [0.3, 0.4) is 0 Å². The molecular formula is C15H19NO4. The third-order valence-electron chi connectivity index (χ3n) is 3.84. The lowest BCUT2D eigenvalue weighted by Crippen LogP contribution is -2.37. The molecule has 1 atom stereocenters. The fraction of sp³-hybridized carbons (Fsp3) is 0.533. The van der Waals surface area contributed by atoms with Crippen LogP contribution in [0.4, 0.5) is 0 Å². The Morgan fingerprint density at radius 2 is 2.05 bits per heavy atom. The summed E-state index contributed by atoms with van der Waals surface area (Å²) in [6.45, 7) is 1.97.